The van der Waals surface area contributed by atoms with Crippen LogP contribution >= 0.6 is 0 Å². The van der Waals surface area contributed by atoms with Gasteiger partial charge in [-0.25, -0.2) is 0 Å². The van der Waals surface area contributed by atoms with Crippen LogP contribution < -0.4 is 5.32 Å². The van der Waals surface area contributed by atoms with Gasteiger partial charge in [0.15, 0.2) is 0 Å². The van der Waals surface area contributed by atoms with Crippen LogP contribution in [0, 0.1) is 0 Å². The number of amidine groups is 1. The fraction of sp³-hybridized carbons (Fsp3) is 0.308. The van der Waals surface area contributed by atoms with Gasteiger partial charge in [-0.2, -0.15) is 0 Å². The first-order valence-electron chi connectivity index (χ1n) is 5.78. The maximum Gasteiger partial charge on any atom is 0.0975 e. The fourth-order valence-electron chi connectivity index (χ4n) is 1.57. The Labute approximate surface area is 101 Å². The summed E-state index contributed by atoms with van der Waals surface area (Å²) in [7, 11) is 0. The number of nitrogens with one attached hydrogen (secondary N) is 1. The lowest BCUT2D eigenvalue weighted by Gasteiger charge is -2.06. The Morgan fingerprint density at radius 2 is 2.00 bits per heavy atom. The van der Waals surface area contributed by atoms with E-state index in [1.54, 1.807) is 12.4 Å². The molecule has 1 N–H and O–H groups in total. The van der Waals surface area contributed by atoms with Gasteiger partial charge in [0.05, 0.1) is 16.9 Å². The van der Waals surface area contributed by atoms with Crippen molar-refractivity contribution in [1.29, 1.82) is 0 Å². The summed E-state index contributed by atoms with van der Waals surface area (Å²) < 4.78 is 0. The molecule has 0 spiro atoms. The molecule has 0 amide bonds. The van der Waals surface area contributed by atoms with Crippen molar-refractivity contribution in [3.63, 3.8) is 0 Å². The molecule has 0 saturated heterocycles. The highest BCUT2D eigenvalue weighted by Crippen LogP contribution is 2.14. The van der Waals surface area contributed by atoms with Gasteiger partial charge < -0.3 is 5.32 Å². The molecule has 0 radical (unpaired) electrons. The largest absolute Gasteiger partial charge is 0.344 e. The first kappa shape index (κ1) is 11.5. The van der Waals surface area contributed by atoms with Crippen LogP contribution in [0.5, 0.6) is 0 Å². The van der Waals surface area contributed by atoms with E-state index in [0.29, 0.717) is 0 Å². The van der Waals surface area contributed by atoms with Crippen molar-refractivity contribution in [1.82, 2.24) is 9.97 Å². The summed E-state index contributed by atoms with van der Waals surface area (Å²) in [5, 5.41) is 3.25. The maximum atomic E-state index is 4.39. The number of aromatic nitrogens is 2. The Balaban J connectivity index is 2.19. The van der Waals surface area contributed by atoms with Gasteiger partial charge in [0, 0.05) is 24.6 Å². The SMILES string of the molecule is CCCN=C(C)Nc1ccc2nccnc2c1. The zero-order valence-corrected chi connectivity index (χ0v) is 10.1. The third-order valence-corrected chi connectivity index (χ3v) is 2.37. The number of nitrogens with zero attached hydrogens (tertiary/aromatic N) is 3. The Hall–Kier alpha value is -1.97. The average molecular weight is 228 g/mol. The van der Waals surface area contributed by atoms with E-state index in [9.17, 15) is 0 Å². The smallest absolute Gasteiger partial charge is 0.0975 e. The first-order chi connectivity index (χ1) is 8.29. The fourth-order valence-corrected chi connectivity index (χ4v) is 1.57. The summed E-state index contributed by atoms with van der Waals surface area (Å²) in [6, 6.07) is 5.92. The van der Waals surface area contributed by atoms with Gasteiger partial charge in [-0.3, -0.25) is 15.0 Å². The molecule has 1 heterocycles. The van der Waals surface area contributed by atoms with Gasteiger partial charge >= 0.3 is 0 Å². The van der Waals surface area contributed by atoms with Crippen molar-refractivity contribution in [3.05, 3.63) is 30.6 Å². The number of hydrogen-bond acceptors (Lipinski definition) is 3. The quantitative estimate of drug-likeness (QED) is 0.649. The molecule has 4 nitrogen and oxygen atoms in total. The molecule has 0 atom stereocenters. The predicted octanol–water partition coefficient (Wildman–Crippen LogP) is 2.87. The molecule has 1 aromatic heterocycles. The van der Waals surface area contributed by atoms with Crippen molar-refractivity contribution >= 4 is 22.6 Å². The van der Waals surface area contributed by atoms with E-state index in [1.807, 2.05) is 25.1 Å². The number of fused-ring (bicyclic) bond motifs is 1. The minimum Gasteiger partial charge on any atom is -0.344 e. The lowest BCUT2D eigenvalue weighted by atomic mass is 10.2. The molecular formula is C13H16N4. The van der Waals surface area contributed by atoms with Crippen LogP contribution in [0.4, 0.5) is 5.69 Å². The molecule has 4 heteroatoms. The van der Waals surface area contributed by atoms with E-state index < -0.39 is 0 Å². The van der Waals surface area contributed by atoms with E-state index in [4.69, 9.17) is 0 Å². The number of rotatable bonds is 3. The number of aliphatic imine (C=N–C) groups is 1. The van der Waals surface area contributed by atoms with Gasteiger partial charge in [0.1, 0.15) is 0 Å². The van der Waals surface area contributed by atoms with Crippen LogP contribution in [-0.2, 0) is 0 Å². The van der Waals surface area contributed by atoms with Crippen molar-refractivity contribution in [2.45, 2.75) is 20.3 Å². The lowest BCUT2D eigenvalue weighted by molar-refractivity contribution is 0.931. The highest BCUT2D eigenvalue weighted by molar-refractivity contribution is 5.95. The maximum absolute atomic E-state index is 4.39. The summed E-state index contributed by atoms with van der Waals surface area (Å²) in [6.07, 6.45) is 4.45. The predicted molar refractivity (Wildman–Crippen MR) is 71.4 cm³/mol. The summed E-state index contributed by atoms with van der Waals surface area (Å²) >= 11 is 0. The standard InChI is InChI=1S/C13H16N4/c1-3-6-14-10(2)17-11-4-5-12-13(9-11)16-8-7-15-12/h4-5,7-9H,3,6H2,1-2H3,(H,14,17). The van der Waals surface area contributed by atoms with Gasteiger partial charge in [-0.15, -0.1) is 0 Å². The zero-order valence-electron chi connectivity index (χ0n) is 10.1. The van der Waals surface area contributed by atoms with Crippen molar-refractivity contribution < 1.29 is 0 Å². The molecule has 2 aromatic rings. The highest BCUT2D eigenvalue weighted by Gasteiger charge is 1.98. The van der Waals surface area contributed by atoms with Crippen LogP contribution in [0.25, 0.3) is 11.0 Å². The second-order valence-corrected chi connectivity index (χ2v) is 3.85. The molecule has 0 fully saturated rings. The lowest BCUT2D eigenvalue weighted by Crippen LogP contribution is -2.07. The Bertz CT molecular complexity index is 534. The molecule has 0 aliphatic rings. The summed E-state index contributed by atoms with van der Waals surface area (Å²) in [5.74, 6) is 0.926. The third kappa shape index (κ3) is 3.00. The third-order valence-electron chi connectivity index (χ3n) is 2.37. The molecule has 88 valence electrons. The summed E-state index contributed by atoms with van der Waals surface area (Å²) in [5.41, 5.74) is 2.79. The molecule has 0 bridgehead atoms. The van der Waals surface area contributed by atoms with Crippen molar-refractivity contribution in [3.8, 4) is 0 Å². The molecule has 0 aliphatic carbocycles. The van der Waals surface area contributed by atoms with Gasteiger partial charge in [-0.05, 0) is 31.5 Å². The van der Waals surface area contributed by atoms with Gasteiger partial charge in [-0.1, -0.05) is 6.92 Å². The summed E-state index contributed by atoms with van der Waals surface area (Å²) in [4.78, 5) is 12.9. The number of anilines is 1. The van der Waals surface area contributed by atoms with Crippen LogP contribution in [0.2, 0.25) is 0 Å². The second kappa shape index (κ2) is 5.39. The van der Waals surface area contributed by atoms with Crippen LogP contribution in [0.15, 0.2) is 35.6 Å². The Morgan fingerprint density at radius 1 is 1.24 bits per heavy atom. The minimum atomic E-state index is 0.853. The molecule has 0 saturated carbocycles. The van der Waals surface area contributed by atoms with E-state index >= 15 is 0 Å². The Morgan fingerprint density at radius 3 is 2.76 bits per heavy atom. The van der Waals surface area contributed by atoms with Crippen molar-refractivity contribution in [2.75, 3.05) is 11.9 Å². The molecule has 1 aromatic carbocycles. The Kier molecular flexibility index (Phi) is 3.65. The van der Waals surface area contributed by atoms with Crippen LogP contribution in [0.3, 0.4) is 0 Å². The molecule has 2 rings (SSSR count). The number of benzene rings is 1. The van der Waals surface area contributed by atoms with Crippen LogP contribution in [0.1, 0.15) is 20.3 Å². The highest BCUT2D eigenvalue weighted by atomic mass is 15.0. The van der Waals surface area contributed by atoms with Crippen LogP contribution in [-0.4, -0.2) is 22.3 Å². The topological polar surface area (TPSA) is 50.2 Å². The first-order valence-corrected chi connectivity index (χ1v) is 5.78. The minimum absolute atomic E-state index is 0.853. The van der Waals surface area contributed by atoms with Gasteiger partial charge in [0.25, 0.3) is 0 Å². The van der Waals surface area contributed by atoms with E-state index in [1.165, 1.54) is 0 Å². The molecule has 17 heavy (non-hydrogen) atoms. The monoisotopic (exact) mass is 228 g/mol. The molecular weight excluding hydrogens is 212 g/mol. The number of hydrogen-bond donors (Lipinski definition) is 1. The van der Waals surface area contributed by atoms with E-state index in [0.717, 1.165) is 35.5 Å². The zero-order chi connectivity index (χ0) is 12.1. The van der Waals surface area contributed by atoms with Gasteiger partial charge in [0.2, 0.25) is 0 Å². The summed E-state index contributed by atoms with van der Waals surface area (Å²) in [6.45, 7) is 4.94. The second-order valence-electron chi connectivity index (χ2n) is 3.85. The van der Waals surface area contributed by atoms with Crippen molar-refractivity contribution in [2.24, 2.45) is 4.99 Å². The van der Waals surface area contributed by atoms with E-state index in [-0.39, 0.29) is 0 Å². The average Bonchev–Trinajstić information content (AvgIpc) is 2.36. The van der Waals surface area contributed by atoms with E-state index in [2.05, 4.69) is 27.2 Å². The molecule has 0 unspecified atom stereocenters. The normalized spacial score (nSPS) is 11.8. The molecule has 0 aliphatic heterocycles.